The molecule has 1 aromatic carbocycles. The number of nitrogens with zero attached hydrogens (tertiary/aromatic N) is 2. The van der Waals surface area contributed by atoms with Gasteiger partial charge in [-0.1, -0.05) is 25.4 Å². The maximum Gasteiger partial charge on any atom is 0.337 e. The number of anilines is 1. The molecule has 9 heteroatoms. The normalized spacial score (nSPS) is 12.9. The van der Waals surface area contributed by atoms with Gasteiger partial charge in [-0.2, -0.15) is 0 Å². The number of hydrogen-bond acceptors (Lipinski definition) is 4. The molecule has 2 rings (SSSR count). The third-order valence-corrected chi connectivity index (χ3v) is 4.93. The second-order valence-corrected chi connectivity index (χ2v) is 8.26. The fraction of sp³-hybridized carbons (Fsp3) is 0.312. The third-order valence-electron chi connectivity index (χ3n) is 3.43. The van der Waals surface area contributed by atoms with E-state index in [9.17, 15) is 19.1 Å². The molecule has 1 amide bonds. The van der Waals surface area contributed by atoms with Crippen molar-refractivity contribution < 1.29 is 19.1 Å². The quantitative estimate of drug-likeness (QED) is 0.659. The van der Waals surface area contributed by atoms with Crippen LogP contribution in [0.1, 0.15) is 20.3 Å². The SMILES string of the molecule is CC(C)CC(C(=O)Nc1cnc(-c2ccc(Cl)cc2)nc1)P(=O)(O)O. The number of hydrogen-bond donors (Lipinski definition) is 3. The van der Waals surface area contributed by atoms with Gasteiger partial charge in [0.05, 0.1) is 18.1 Å². The van der Waals surface area contributed by atoms with Gasteiger partial charge in [-0.15, -0.1) is 0 Å². The van der Waals surface area contributed by atoms with E-state index in [2.05, 4.69) is 15.3 Å². The van der Waals surface area contributed by atoms with Crippen molar-refractivity contribution in [3.05, 3.63) is 41.7 Å². The van der Waals surface area contributed by atoms with Crippen molar-refractivity contribution in [3.8, 4) is 11.4 Å². The monoisotopic (exact) mass is 383 g/mol. The fourth-order valence-corrected chi connectivity index (χ4v) is 3.40. The molecule has 0 saturated carbocycles. The average Bonchev–Trinajstić information content (AvgIpc) is 2.53. The Labute approximate surface area is 150 Å². The molecule has 0 aliphatic carbocycles. The highest BCUT2D eigenvalue weighted by atomic mass is 35.5. The third kappa shape index (κ3) is 5.61. The molecule has 0 bridgehead atoms. The topological polar surface area (TPSA) is 112 Å². The second kappa shape index (κ2) is 8.06. The molecule has 1 heterocycles. The number of amides is 1. The van der Waals surface area contributed by atoms with E-state index < -0.39 is 19.2 Å². The lowest BCUT2D eigenvalue weighted by molar-refractivity contribution is -0.116. The first-order chi connectivity index (χ1) is 11.7. The Bertz CT molecular complexity index is 775. The Morgan fingerprint density at radius 1 is 1.20 bits per heavy atom. The predicted molar refractivity (Wildman–Crippen MR) is 96.4 cm³/mol. The van der Waals surface area contributed by atoms with E-state index in [1.54, 1.807) is 38.1 Å². The van der Waals surface area contributed by atoms with Gasteiger partial charge in [0.25, 0.3) is 0 Å². The van der Waals surface area contributed by atoms with E-state index in [1.807, 2.05) is 0 Å². The Balaban J connectivity index is 2.13. The first kappa shape index (κ1) is 19.5. The van der Waals surface area contributed by atoms with Crippen LogP contribution >= 0.6 is 19.2 Å². The lowest BCUT2D eigenvalue weighted by atomic mass is 10.1. The van der Waals surface area contributed by atoms with E-state index in [-0.39, 0.29) is 18.0 Å². The van der Waals surface area contributed by atoms with Crippen LogP contribution in [0.5, 0.6) is 0 Å². The van der Waals surface area contributed by atoms with Crippen molar-refractivity contribution in [2.45, 2.75) is 25.9 Å². The van der Waals surface area contributed by atoms with Crippen LogP contribution in [0.15, 0.2) is 36.7 Å². The highest BCUT2D eigenvalue weighted by Crippen LogP contribution is 2.44. The molecule has 0 aliphatic heterocycles. The van der Waals surface area contributed by atoms with Crippen LogP contribution in [0.25, 0.3) is 11.4 Å². The zero-order valence-corrected chi connectivity index (χ0v) is 15.4. The molecular weight excluding hydrogens is 365 g/mol. The molecule has 1 atom stereocenters. The number of halogens is 1. The van der Waals surface area contributed by atoms with Crippen LogP contribution in [-0.4, -0.2) is 31.3 Å². The number of carbonyl (C=O) groups excluding carboxylic acids is 1. The first-order valence-electron chi connectivity index (χ1n) is 7.61. The Morgan fingerprint density at radius 3 is 2.24 bits per heavy atom. The van der Waals surface area contributed by atoms with E-state index in [4.69, 9.17) is 11.6 Å². The summed E-state index contributed by atoms with van der Waals surface area (Å²) in [6, 6.07) is 6.96. The van der Waals surface area contributed by atoms with Gasteiger partial charge in [0.1, 0.15) is 5.66 Å². The van der Waals surface area contributed by atoms with Crippen molar-refractivity contribution in [1.29, 1.82) is 0 Å². The standard InChI is InChI=1S/C16H19ClN3O4P/c1-10(2)7-14(25(22,23)24)16(21)20-13-8-18-15(19-9-13)11-3-5-12(17)6-4-11/h3-6,8-10,14H,7H2,1-2H3,(H,20,21)(H2,22,23,24). The number of carbonyl (C=O) groups is 1. The van der Waals surface area contributed by atoms with Gasteiger partial charge < -0.3 is 15.1 Å². The molecule has 1 unspecified atom stereocenters. The highest BCUT2D eigenvalue weighted by Gasteiger charge is 2.36. The lowest BCUT2D eigenvalue weighted by Gasteiger charge is -2.19. The lowest BCUT2D eigenvalue weighted by Crippen LogP contribution is -2.29. The van der Waals surface area contributed by atoms with Crippen molar-refractivity contribution in [1.82, 2.24) is 9.97 Å². The maximum atomic E-state index is 12.2. The van der Waals surface area contributed by atoms with Crippen LogP contribution in [-0.2, 0) is 9.36 Å². The van der Waals surface area contributed by atoms with Gasteiger partial charge in [-0.05, 0) is 36.6 Å². The number of benzene rings is 1. The molecule has 1 aromatic heterocycles. The van der Waals surface area contributed by atoms with Gasteiger partial charge in [-0.25, -0.2) is 9.97 Å². The Kier molecular flexibility index (Phi) is 6.30. The molecule has 7 nitrogen and oxygen atoms in total. The summed E-state index contributed by atoms with van der Waals surface area (Å²) >= 11 is 5.83. The zero-order chi connectivity index (χ0) is 18.6. The molecule has 0 aliphatic rings. The van der Waals surface area contributed by atoms with Gasteiger partial charge in [0, 0.05) is 10.6 Å². The molecular formula is C16H19ClN3O4P. The van der Waals surface area contributed by atoms with Gasteiger partial charge in [0.2, 0.25) is 5.91 Å². The zero-order valence-electron chi connectivity index (χ0n) is 13.8. The van der Waals surface area contributed by atoms with Crippen LogP contribution < -0.4 is 5.32 Å². The van der Waals surface area contributed by atoms with Crippen LogP contribution in [0.2, 0.25) is 5.02 Å². The fourth-order valence-electron chi connectivity index (χ4n) is 2.21. The summed E-state index contributed by atoms with van der Waals surface area (Å²) in [4.78, 5) is 39.3. The Morgan fingerprint density at radius 2 is 1.76 bits per heavy atom. The number of rotatable bonds is 6. The molecule has 2 aromatic rings. The van der Waals surface area contributed by atoms with Gasteiger partial charge >= 0.3 is 7.60 Å². The Hall–Kier alpha value is -1.79. The molecule has 0 radical (unpaired) electrons. The molecule has 0 saturated heterocycles. The maximum absolute atomic E-state index is 12.2. The van der Waals surface area contributed by atoms with E-state index >= 15 is 0 Å². The van der Waals surface area contributed by atoms with Crippen LogP contribution in [0.3, 0.4) is 0 Å². The summed E-state index contributed by atoms with van der Waals surface area (Å²) in [6.07, 6.45) is 2.86. The summed E-state index contributed by atoms with van der Waals surface area (Å²) in [5.74, 6) is -0.333. The molecule has 25 heavy (non-hydrogen) atoms. The van der Waals surface area contributed by atoms with Crippen LogP contribution in [0.4, 0.5) is 5.69 Å². The number of aromatic nitrogens is 2. The molecule has 0 spiro atoms. The minimum atomic E-state index is -4.55. The van der Waals surface area contributed by atoms with Crippen LogP contribution in [0, 0.1) is 5.92 Å². The first-order valence-corrected chi connectivity index (χ1v) is 9.67. The smallest absolute Gasteiger partial charge is 0.324 e. The van der Waals surface area contributed by atoms with E-state index in [0.717, 1.165) is 5.56 Å². The minimum Gasteiger partial charge on any atom is -0.324 e. The average molecular weight is 384 g/mol. The summed E-state index contributed by atoms with van der Waals surface area (Å²) in [6.45, 7) is 3.58. The van der Waals surface area contributed by atoms with Crippen molar-refractivity contribution >= 4 is 30.8 Å². The molecule has 134 valence electrons. The summed E-state index contributed by atoms with van der Waals surface area (Å²) < 4.78 is 11.6. The van der Waals surface area contributed by atoms with Crippen molar-refractivity contribution in [2.75, 3.05) is 5.32 Å². The number of nitrogens with one attached hydrogen (secondary N) is 1. The van der Waals surface area contributed by atoms with E-state index in [1.165, 1.54) is 12.4 Å². The van der Waals surface area contributed by atoms with Crippen molar-refractivity contribution in [2.24, 2.45) is 5.92 Å². The van der Waals surface area contributed by atoms with Crippen molar-refractivity contribution in [3.63, 3.8) is 0 Å². The van der Waals surface area contributed by atoms with Gasteiger partial charge in [0.15, 0.2) is 5.82 Å². The summed E-state index contributed by atoms with van der Waals surface area (Å²) in [7, 11) is -4.55. The molecule has 3 N–H and O–H groups in total. The highest BCUT2D eigenvalue weighted by molar-refractivity contribution is 7.53. The minimum absolute atomic E-state index is 0.0353. The van der Waals surface area contributed by atoms with E-state index in [0.29, 0.717) is 10.8 Å². The summed E-state index contributed by atoms with van der Waals surface area (Å²) in [5.41, 5.74) is -0.372. The summed E-state index contributed by atoms with van der Waals surface area (Å²) in [5, 5.41) is 3.06. The van der Waals surface area contributed by atoms with Gasteiger partial charge in [-0.3, -0.25) is 9.36 Å². The predicted octanol–water partition coefficient (Wildman–Crippen LogP) is 3.33. The largest absolute Gasteiger partial charge is 0.337 e. The molecule has 0 fully saturated rings. The second-order valence-electron chi connectivity index (χ2n) is 6.03.